The summed E-state index contributed by atoms with van der Waals surface area (Å²) in [7, 11) is 1.56. The highest BCUT2D eigenvalue weighted by Gasteiger charge is 2.33. The fourth-order valence-corrected chi connectivity index (χ4v) is 3.28. The summed E-state index contributed by atoms with van der Waals surface area (Å²) >= 11 is 3.44. The number of allylic oxidation sites excluding steroid dienone is 1. The first-order valence-electron chi connectivity index (χ1n) is 7.72. The molecule has 0 spiro atoms. The van der Waals surface area contributed by atoms with Crippen LogP contribution in [-0.4, -0.2) is 18.9 Å². The van der Waals surface area contributed by atoms with Crippen LogP contribution >= 0.6 is 15.9 Å². The molecule has 2 N–H and O–H groups in total. The van der Waals surface area contributed by atoms with Gasteiger partial charge in [0.15, 0.2) is 5.78 Å². The second-order valence-corrected chi connectivity index (χ2v) is 6.57. The van der Waals surface area contributed by atoms with E-state index in [-0.39, 0.29) is 11.8 Å². The summed E-state index contributed by atoms with van der Waals surface area (Å²) in [6.45, 7) is 1.73. The minimum Gasteiger partial charge on any atom is -0.496 e. The molecular weight excluding hydrogens is 384 g/mol. The summed E-state index contributed by atoms with van der Waals surface area (Å²) < 4.78 is 6.26. The Labute approximate surface area is 154 Å². The number of benzene rings is 2. The maximum absolute atomic E-state index is 13.1. The summed E-state index contributed by atoms with van der Waals surface area (Å²) in [6, 6.07) is 13.5. The van der Waals surface area contributed by atoms with Crippen LogP contribution in [-0.2, 0) is 0 Å². The van der Waals surface area contributed by atoms with Crippen molar-refractivity contribution < 1.29 is 14.3 Å². The highest BCUT2D eigenvalue weighted by Crippen LogP contribution is 2.36. The minimum atomic E-state index is -0.603. The van der Waals surface area contributed by atoms with Gasteiger partial charge in [-0.1, -0.05) is 46.3 Å². The van der Waals surface area contributed by atoms with Gasteiger partial charge in [-0.15, -0.1) is 0 Å². The normalized spacial score (nSPS) is 16.9. The average Bonchev–Trinajstić information content (AvgIpc) is 2.61. The Hall–Kier alpha value is -2.60. The fourth-order valence-electron chi connectivity index (χ4n) is 2.90. The molecule has 0 aromatic heterocycles. The van der Waals surface area contributed by atoms with E-state index in [2.05, 4.69) is 26.6 Å². The lowest BCUT2D eigenvalue weighted by Gasteiger charge is -2.29. The number of hydrogen-bond acceptors (Lipinski definition) is 3. The van der Waals surface area contributed by atoms with Crippen molar-refractivity contribution in [1.29, 1.82) is 0 Å². The van der Waals surface area contributed by atoms with Crippen LogP contribution in [0.1, 0.15) is 28.9 Å². The molecule has 1 unspecified atom stereocenters. The maximum atomic E-state index is 13.1. The first kappa shape index (κ1) is 17.2. The third kappa shape index (κ3) is 3.44. The van der Waals surface area contributed by atoms with Crippen molar-refractivity contribution in [3.63, 3.8) is 0 Å². The van der Waals surface area contributed by atoms with Crippen molar-refractivity contribution in [2.75, 3.05) is 7.11 Å². The smallest absolute Gasteiger partial charge is 0.319 e. The minimum absolute atomic E-state index is 0.141. The summed E-state index contributed by atoms with van der Waals surface area (Å²) in [5.41, 5.74) is 2.30. The predicted molar refractivity (Wildman–Crippen MR) is 98.6 cm³/mol. The molecule has 6 heteroatoms. The molecule has 1 atom stereocenters. The lowest BCUT2D eigenvalue weighted by molar-refractivity contribution is 0.102. The standard InChI is InChI=1S/C19H17BrN2O3/c1-11-16(18(23)12-6-4-3-5-7-12)17(22-19(24)21-11)14-10-13(20)8-9-15(14)25-2/h3-10,17H,1-2H3,(H2,21,22,24). The fraction of sp³-hybridized carbons (Fsp3) is 0.158. The van der Waals surface area contributed by atoms with E-state index in [1.807, 2.05) is 30.3 Å². The predicted octanol–water partition coefficient (Wildman–Crippen LogP) is 3.97. The van der Waals surface area contributed by atoms with E-state index in [0.717, 1.165) is 4.47 Å². The zero-order valence-corrected chi connectivity index (χ0v) is 15.4. The molecule has 0 bridgehead atoms. The van der Waals surface area contributed by atoms with Crippen molar-refractivity contribution in [3.8, 4) is 5.75 Å². The monoisotopic (exact) mass is 400 g/mol. The summed E-state index contributed by atoms with van der Waals surface area (Å²) in [5, 5.41) is 5.52. The molecule has 1 aliphatic heterocycles. The van der Waals surface area contributed by atoms with Crippen molar-refractivity contribution in [2.45, 2.75) is 13.0 Å². The number of carbonyl (C=O) groups is 2. The zero-order chi connectivity index (χ0) is 18.0. The third-order valence-electron chi connectivity index (χ3n) is 4.05. The molecule has 1 heterocycles. The number of ketones is 1. The van der Waals surface area contributed by atoms with Gasteiger partial charge in [0.2, 0.25) is 0 Å². The van der Waals surface area contributed by atoms with Crippen molar-refractivity contribution in [2.24, 2.45) is 0 Å². The molecule has 0 radical (unpaired) electrons. The van der Waals surface area contributed by atoms with Crippen molar-refractivity contribution in [3.05, 3.63) is 75.4 Å². The van der Waals surface area contributed by atoms with E-state index in [9.17, 15) is 9.59 Å². The van der Waals surface area contributed by atoms with Gasteiger partial charge < -0.3 is 15.4 Å². The van der Waals surface area contributed by atoms with Gasteiger partial charge in [-0.3, -0.25) is 4.79 Å². The molecule has 1 aliphatic rings. The molecule has 2 amide bonds. The number of ether oxygens (including phenoxy) is 1. The van der Waals surface area contributed by atoms with E-state index < -0.39 is 6.04 Å². The molecular formula is C19H17BrN2O3. The van der Waals surface area contributed by atoms with Crippen molar-refractivity contribution >= 4 is 27.7 Å². The summed E-state index contributed by atoms with van der Waals surface area (Å²) in [4.78, 5) is 25.1. The number of amides is 2. The number of rotatable bonds is 4. The Bertz CT molecular complexity index is 862. The molecule has 0 fully saturated rings. The van der Waals surface area contributed by atoms with Gasteiger partial charge in [-0.25, -0.2) is 4.79 Å². The largest absolute Gasteiger partial charge is 0.496 e. The lowest BCUT2D eigenvalue weighted by atomic mass is 9.89. The molecule has 2 aromatic carbocycles. The third-order valence-corrected chi connectivity index (χ3v) is 4.55. The van der Waals surface area contributed by atoms with Crippen molar-refractivity contribution in [1.82, 2.24) is 10.6 Å². The van der Waals surface area contributed by atoms with Crippen LogP contribution < -0.4 is 15.4 Å². The first-order chi connectivity index (χ1) is 12.0. The molecule has 128 valence electrons. The molecule has 5 nitrogen and oxygen atoms in total. The molecule has 0 saturated heterocycles. The number of methoxy groups -OCH3 is 1. The number of urea groups is 1. The maximum Gasteiger partial charge on any atom is 0.319 e. The van der Waals surface area contributed by atoms with Crippen LogP contribution in [0.5, 0.6) is 5.75 Å². The number of hydrogen-bond donors (Lipinski definition) is 2. The van der Waals surface area contributed by atoms with Gasteiger partial charge in [0, 0.05) is 26.9 Å². The van der Waals surface area contributed by atoms with E-state index in [1.165, 1.54) is 0 Å². The average molecular weight is 401 g/mol. The number of halogens is 1. The van der Waals surface area contributed by atoms with E-state index in [0.29, 0.717) is 28.1 Å². The Morgan fingerprint density at radius 1 is 1.16 bits per heavy atom. The second kappa shape index (κ2) is 7.11. The van der Waals surface area contributed by atoms with Crippen LogP contribution in [0.15, 0.2) is 64.3 Å². The molecule has 25 heavy (non-hydrogen) atoms. The van der Waals surface area contributed by atoms with Gasteiger partial charge >= 0.3 is 6.03 Å². The van der Waals surface area contributed by atoms with E-state index in [4.69, 9.17) is 4.74 Å². The number of carbonyl (C=O) groups excluding carboxylic acids is 2. The van der Waals surface area contributed by atoms with Gasteiger partial charge in [-0.2, -0.15) is 0 Å². The first-order valence-corrected chi connectivity index (χ1v) is 8.52. The molecule has 3 rings (SSSR count). The van der Waals surface area contributed by atoms with Crippen LogP contribution in [0.4, 0.5) is 4.79 Å². The topological polar surface area (TPSA) is 67.4 Å². The lowest BCUT2D eigenvalue weighted by Crippen LogP contribution is -2.45. The second-order valence-electron chi connectivity index (χ2n) is 5.65. The summed E-state index contributed by atoms with van der Waals surface area (Å²) in [6.07, 6.45) is 0. The van der Waals surface area contributed by atoms with E-state index >= 15 is 0 Å². The number of Topliss-reactive ketones (excluding diaryl/α,β-unsaturated/α-hetero) is 1. The Morgan fingerprint density at radius 2 is 1.88 bits per heavy atom. The van der Waals surface area contributed by atoms with Gasteiger partial charge in [-0.05, 0) is 25.1 Å². The van der Waals surface area contributed by atoms with E-state index in [1.54, 1.807) is 32.2 Å². The Morgan fingerprint density at radius 3 is 2.56 bits per heavy atom. The SMILES string of the molecule is COc1ccc(Br)cc1C1NC(=O)NC(C)=C1C(=O)c1ccccc1. The quantitative estimate of drug-likeness (QED) is 0.762. The molecule has 0 aliphatic carbocycles. The Kier molecular flexibility index (Phi) is 4.90. The van der Waals surface area contributed by atoms with Crippen LogP contribution in [0.3, 0.4) is 0 Å². The van der Waals surface area contributed by atoms with Crippen LogP contribution in [0.25, 0.3) is 0 Å². The molecule has 0 saturated carbocycles. The summed E-state index contributed by atoms with van der Waals surface area (Å²) in [5.74, 6) is 0.458. The van der Waals surface area contributed by atoms with Crippen LogP contribution in [0.2, 0.25) is 0 Å². The van der Waals surface area contributed by atoms with Gasteiger partial charge in [0.25, 0.3) is 0 Å². The molecule has 2 aromatic rings. The Balaban J connectivity index is 2.14. The zero-order valence-electron chi connectivity index (χ0n) is 13.8. The van der Waals surface area contributed by atoms with Gasteiger partial charge in [0.1, 0.15) is 5.75 Å². The van der Waals surface area contributed by atoms with Crippen LogP contribution in [0, 0.1) is 0 Å². The highest BCUT2D eigenvalue weighted by atomic mass is 79.9. The highest BCUT2D eigenvalue weighted by molar-refractivity contribution is 9.10. The number of nitrogens with one attached hydrogen (secondary N) is 2. The van der Waals surface area contributed by atoms with Gasteiger partial charge in [0.05, 0.1) is 13.2 Å².